The zero-order valence-corrected chi connectivity index (χ0v) is 11.0. The van der Waals surface area contributed by atoms with Crippen molar-refractivity contribution in [2.45, 2.75) is 87.7 Å². The average molecular weight is 254 g/mol. The van der Waals surface area contributed by atoms with Gasteiger partial charge >= 0.3 is 0 Å². The third kappa shape index (κ3) is 3.05. The predicted molar refractivity (Wildman–Crippen MR) is 70.4 cm³/mol. The summed E-state index contributed by atoms with van der Waals surface area (Å²) in [6, 6.07) is 2.55. The summed E-state index contributed by atoms with van der Waals surface area (Å²) < 4.78 is 0. The normalized spacial score (nSPS) is 49.7. The zero-order chi connectivity index (χ0) is 12.5. The molecule has 4 heterocycles. The summed E-state index contributed by atoms with van der Waals surface area (Å²) in [6.45, 7) is 0. The van der Waals surface area contributed by atoms with Gasteiger partial charge in [0.25, 0.3) is 0 Å². The summed E-state index contributed by atoms with van der Waals surface area (Å²) in [5.74, 6) is 0. The minimum absolute atomic E-state index is 0.0104. The Bertz CT molecular complexity index is 235. The van der Waals surface area contributed by atoms with Crippen LogP contribution < -0.4 is 10.6 Å². The Morgan fingerprint density at radius 2 is 0.833 bits per heavy atom. The summed E-state index contributed by atoms with van der Waals surface area (Å²) in [5, 5.41) is 25.4. The van der Waals surface area contributed by atoms with Gasteiger partial charge in [-0.3, -0.25) is 0 Å². The van der Waals surface area contributed by atoms with Crippen molar-refractivity contribution in [3.8, 4) is 0 Å². The number of piperidine rings is 2. The second-order valence-corrected chi connectivity index (χ2v) is 6.53. The first-order valence-corrected chi connectivity index (χ1v) is 7.57. The molecule has 0 aromatic carbocycles. The highest BCUT2D eigenvalue weighted by Crippen LogP contribution is 2.27. The summed E-state index contributed by atoms with van der Waals surface area (Å²) in [4.78, 5) is 0. The number of rotatable bonds is 0. The van der Waals surface area contributed by atoms with Crippen LogP contribution in [0.15, 0.2) is 0 Å². The molecular formula is C14H26N2O2. The van der Waals surface area contributed by atoms with Crippen LogP contribution in [-0.4, -0.2) is 46.6 Å². The molecule has 0 saturated carbocycles. The number of hydrogen-bond acceptors (Lipinski definition) is 4. The molecular weight excluding hydrogens is 228 g/mol. The third-order valence-electron chi connectivity index (χ3n) is 4.90. The molecule has 0 aromatic heterocycles. The molecule has 4 aliphatic rings. The van der Waals surface area contributed by atoms with E-state index in [2.05, 4.69) is 10.6 Å². The predicted octanol–water partition coefficient (Wildman–Crippen LogP) is 0.523. The van der Waals surface area contributed by atoms with Crippen molar-refractivity contribution >= 4 is 0 Å². The molecule has 0 aromatic rings. The molecule has 4 saturated heterocycles. The topological polar surface area (TPSA) is 64.5 Å². The highest BCUT2D eigenvalue weighted by Gasteiger charge is 2.32. The maximum absolute atomic E-state index is 9.25. The molecule has 104 valence electrons. The van der Waals surface area contributed by atoms with Gasteiger partial charge in [-0.05, 0) is 51.4 Å². The van der Waals surface area contributed by atoms with Crippen molar-refractivity contribution in [3.63, 3.8) is 0 Å². The Kier molecular flexibility index (Phi) is 3.89. The fraction of sp³-hybridized carbons (Fsp3) is 1.00. The van der Waals surface area contributed by atoms with Crippen molar-refractivity contribution in [3.05, 3.63) is 0 Å². The molecule has 0 amide bonds. The van der Waals surface area contributed by atoms with E-state index in [-0.39, 0.29) is 12.2 Å². The zero-order valence-electron chi connectivity index (χ0n) is 11.0. The summed E-state index contributed by atoms with van der Waals surface area (Å²) in [7, 11) is 0. The van der Waals surface area contributed by atoms with Crippen LogP contribution in [0.2, 0.25) is 0 Å². The number of aliphatic hydroxyl groups is 2. The smallest absolute Gasteiger partial charge is 0.0569 e. The van der Waals surface area contributed by atoms with Gasteiger partial charge in [0.2, 0.25) is 0 Å². The minimum Gasteiger partial charge on any atom is -0.393 e. The van der Waals surface area contributed by atoms with E-state index in [0.29, 0.717) is 24.2 Å². The molecule has 4 nitrogen and oxygen atoms in total. The van der Waals surface area contributed by atoms with Crippen LogP contribution in [0, 0.1) is 0 Å². The molecule has 4 aliphatic heterocycles. The summed E-state index contributed by atoms with van der Waals surface area (Å²) >= 11 is 0. The molecule has 4 rings (SSSR count). The SMILES string of the molecule is OC1C[C@H]2CC[C@@H](C1)N2.OC1C[C@H]2CC[C@@H](C1)N2. The lowest BCUT2D eigenvalue weighted by Gasteiger charge is -2.24. The van der Waals surface area contributed by atoms with Gasteiger partial charge in [0.05, 0.1) is 12.2 Å². The average Bonchev–Trinajstić information content (AvgIpc) is 2.83. The van der Waals surface area contributed by atoms with Gasteiger partial charge in [0.15, 0.2) is 0 Å². The number of nitrogens with one attached hydrogen (secondary N) is 2. The van der Waals surface area contributed by atoms with Crippen molar-refractivity contribution in [1.82, 2.24) is 10.6 Å². The van der Waals surface area contributed by atoms with Gasteiger partial charge in [-0.2, -0.15) is 0 Å². The van der Waals surface area contributed by atoms with Crippen LogP contribution in [-0.2, 0) is 0 Å². The van der Waals surface area contributed by atoms with E-state index < -0.39 is 0 Å². The van der Waals surface area contributed by atoms with Crippen molar-refractivity contribution in [1.29, 1.82) is 0 Å². The van der Waals surface area contributed by atoms with Crippen LogP contribution in [0.5, 0.6) is 0 Å². The van der Waals surface area contributed by atoms with Gasteiger partial charge in [-0.25, -0.2) is 0 Å². The van der Waals surface area contributed by atoms with Gasteiger partial charge in [0.1, 0.15) is 0 Å². The van der Waals surface area contributed by atoms with E-state index in [1.54, 1.807) is 0 Å². The first-order chi connectivity index (χ1) is 8.69. The molecule has 18 heavy (non-hydrogen) atoms. The lowest BCUT2D eigenvalue weighted by Crippen LogP contribution is -2.40. The molecule has 4 fully saturated rings. The monoisotopic (exact) mass is 254 g/mol. The first-order valence-electron chi connectivity index (χ1n) is 7.57. The highest BCUT2D eigenvalue weighted by molar-refractivity contribution is 4.92. The Morgan fingerprint density at radius 1 is 0.556 bits per heavy atom. The van der Waals surface area contributed by atoms with Crippen LogP contribution in [0.3, 0.4) is 0 Å². The fourth-order valence-electron chi connectivity index (χ4n) is 4.05. The molecule has 4 N–H and O–H groups in total. The Hall–Kier alpha value is -0.160. The standard InChI is InChI=1S/2C7H13NO/c2*9-7-3-5-1-2-6(4-7)8-5/h2*5-9H,1-4H2/t2*5-,6+,7?. The van der Waals surface area contributed by atoms with Gasteiger partial charge in [-0.15, -0.1) is 0 Å². The third-order valence-corrected chi connectivity index (χ3v) is 4.90. The molecule has 4 bridgehead atoms. The van der Waals surface area contributed by atoms with Gasteiger partial charge < -0.3 is 20.8 Å². The largest absolute Gasteiger partial charge is 0.393 e. The Balaban J connectivity index is 0.000000111. The number of fused-ring (bicyclic) bond motifs is 4. The Morgan fingerprint density at radius 3 is 1.11 bits per heavy atom. The van der Waals surface area contributed by atoms with E-state index >= 15 is 0 Å². The molecule has 0 spiro atoms. The maximum atomic E-state index is 9.25. The molecule has 2 unspecified atom stereocenters. The lowest BCUT2D eigenvalue weighted by atomic mass is 10.0. The second-order valence-electron chi connectivity index (χ2n) is 6.53. The van der Waals surface area contributed by atoms with Crippen LogP contribution >= 0.6 is 0 Å². The van der Waals surface area contributed by atoms with E-state index in [9.17, 15) is 10.2 Å². The number of hydrogen-bond donors (Lipinski definition) is 4. The molecule has 0 aliphatic carbocycles. The van der Waals surface area contributed by atoms with Crippen molar-refractivity contribution < 1.29 is 10.2 Å². The highest BCUT2D eigenvalue weighted by atomic mass is 16.3. The van der Waals surface area contributed by atoms with Crippen LogP contribution in [0.4, 0.5) is 0 Å². The van der Waals surface area contributed by atoms with E-state index in [1.165, 1.54) is 25.7 Å². The maximum Gasteiger partial charge on any atom is 0.0569 e. The second kappa shape index (κ2) is 5.45. The van der Waals surface area contributed by atoms with E-state index in [4.69, 9.17) is 0 Å². The van der Waals surface area contributed by atoms with Crippen LogP contribution in [0.25, 0.3) is 0 Å². The lowest BCUT2D eigenvalue weighted by molar-refractivity contribution is 0.114. The van der Waals surface area contributed by atoms with Crippen molar-refractivity contribution in [2.75, 3.05) is 0 Å². The molecule has 4 heteroatoms. The van der Waals surface area contributed by atoms with Crippen LogP contribution in [0.1, 0.15) is 51.4 Å². The van der Waals surface area contributed by atoms with E-state index in [0.717, 1.165) is 25.7 Å². The summed E-state index contributed by atoms with van der Waals surface area (Å²) in [5.41, 5.74) is 0. The Labute approximate surface area is 109 Å². The number of aliphatic hydroxyl groups excluding tert-OH is 2. The van der Waals surface area contributed by atoms with Gasteiger partial charge in [-0.1, -0.05) is 0 Å². The fourth-order valence-corrected chi connectivity index (χ4v) is 4.05. The minimum atomic E-state index is -0.0104. The first kappa shape index (κ1) is 12.9. The molecule has 0 radical (unpaired) electrons. The quantitative estimate of drug-likeness (QED) is 0.509. The van der Waals surface area contributed by atoms with Crippen molar-refractivity contribution in [2.24, 2.45) is 0 Å². The van der Waals surface area contributed by atoms with E-state index in [1.807, 2.05) is 0 Å². The molecule has 6 atom stereocenters. The summed E-state index contributed by atoms with van der Waals surface area (Å²) in [6.07, 6.45) is 9.03. The van der Waals surface area contributed by atoms with Gasteiger partial charge in [0, 0.05) is 24.2 Å².